The second-order valence-electron chi connectivity index (χ2n) is 6.41. The lowest BCUT2D eigenvalue weighted by Crippen LogP contribution is -2.46. The molecule has 1 aliphatic carbocycles. The van der Waals surface area contributed by atoms with Gasteiger partial charge in [-0.15, -0.1) is 0 Å². The maximum atomic E-state index is 9.18. The van der Waals surface area contributed by atoms with Gasteiger partial charge in [0.1, 0.15) is 0 Å². The fourth-order valence-corrected chi connectivity index (χ4v) is 3.68. The van der Waals surface area contributed by atoms with Crippen LogP contribution in [0.15, 0.2) is 0 Å². The zero-order valence-electron chi connectivity index (χ0n) is 13.9. The molecule has 0 amide bonds. The van der Waals surface area contributed by atoms with Gasteiger partial charge in [0, 0.05) is 19.1 Å². The molecule has 20 heavy (non-hydrogen) atoms. The van der Waals surface area contributed by atoms with Gasteiger partial charge in [0.25, 0.3) is 0 Å². The molecule has 0 aromatic carbocycles. The van der Waals surface area contributed by atoms with Crippen molar-refractivity contribution in [3.05, 3.63) is 0 Å². The zero-order chi connectivity index (χ0) is 14.8. The van der Waals surface area contributed by atoms with E-state index in [1.165, 1.54) is 38.5 Å². The Bertz CT molecular complexity index is 235. The third-order valence-corrected chi connectivity index (χ3v) is 4.80. The lowest BCUT2D eigenvalue weighted by molar-refractivity contribution is 0.123. The molecular weight excluding hydrogens is 248 g/mol. The SMILES string of the molecule is CCCNC1CCC(CCC)CC1CN(CC)CCO. The summed E-state index contributed by atoms with van der Waals surface area (Å²) >= 11 is 0. The Morgan fingerprint density at radius 1 is 1.15 bits per heavy atom. The number of nitrogens with one attached hydrogen (secondary N) is 1. The molecule has 3 unspecified atom stereocenters. The number of aliphatic hydroxyl groups excluding tert-OH is 1. The van der Waals surface area contributed by atoms with E-state index in [9.17, 15) is 5.11 Å². The average molecular weight is 284 g/mol. The quantitative estimate of drug-likeness (QED) is 0.647. The summed E-state index contributed by atoms with van der Waals surface area (Å²) in [6.45, 7) is 11.2. The van der Waals surface area contributed by atoms with E-state index < -0.39 is 0 Å². The van der Waals surface area contributed by atoms with Crippen molar-refractivity contribution in [2.45, 2.75) is 65.3 Å². The highest BCUT2D eigenvalue weighted by Crippen LogP contribution is 2.32. The molecule has 0 radical (unpaired) electrons. The number of nitrogens with zero attached hydrogens (tertiary/aromatic N) is 1. The molecule has 0 spiro atoms. The molecule has 120 valence electrons. The van der Waals surface area contributed by atoms with E-state index in [2.05, 4.69) is 31.0 Å². The molecule has 1 saturated carbocycles. The Kier molecular flexibility index (Phi) is 9.49. The molecule has 0 aliphatic heterocycles. The van der Waals surface area contributed by atoms with Gasteiger partial charge in [-0.1, -0.05) is 33.6 Å². The minimum atomic E-state index is 0.284. The Hall–Kier alpha value is -0.120. The van der Waals surface area contributed by atoms with E-state index in [-0.39, 0.29) is 6.61 Å². The number of aliphatic hydroxyl groups is 1. The van der Waals surface area contributed by atoms with Gasteiger partial charge in [0.15, 0.2) is 0 Å². The maximum absolute atomic E-state index is 9.18. The zero-order valence-corrected chi connectivity index (χ0v) is 13.9. The minimum Gasteiger partial charge on any atom is -0.395 e. The number of hydrogen-bond acceptors (Lipinski definition) is 3. The molecule has 0 aromatic heterocycles. The van der Waals surface area contributed by atoms with E-state index in [0.717, 1.165) is 38.0 Å². The molecule has 2 N–H and O–H groups in total. The summed E-state index contributed by atoms with van der Waals surface area (Å²) in [5.41, 5.74) is 0. The molecule has 0 heterocycles. The smallest absolute Gasteiger partial charge is 0.0558 e. The standard InChI is InChI=1S/C17H36N2O/c1-4-7-15-8-9-17(18-10-5-2)16(13-15)14-19(6-3)11-12-20/h15-18,20H,4-14H2,1-3H3. The molecule has 3 nitrogen and oxygen atoms in total. The van der Waals surface area contributed by atoms with Crippen molar-refractivity contribution in [1.82, 2.24) is 10.2 Å². The van der Waals surface area contributed by atoms with Crippen LogP contribution in [0.3, 0.4) is 0 Å². The highest BCUT2D eigenvalue weighted by Gasteiger charge is 2.30. The summed E-state index contributed by atoms with van der Waals surface area (Å²) in [6.07, 6.45) is 8.04. The minimum absolute atomic E-state index is 0.284. The van der Waals surface area contributed by atoms with Crippen molar-refractivity contribution in [2.24, 2.45) is 11.8 Å². The van der Waals surface area contributed by atoms with Crippen LogP contribution in [0.4, 0.5) is 0 Å². The fourth-order valence-electron chi connectivity index (χ4n) is 3.68. The third-order valence-electron chi connectivity index (χ3n) is 4.80. The van der Waals surface area contributed by atoms with Gasteiger partial charge in [-0.3, -0.25) is 0 Å². The van der Waals surface area contributed by atoms with E-state index in [1.807, 2.05) is 0 Å². The van der Waals surface area contributed by atoms with Gasteiger partial charge in [-0.25, -0.2) is 0 Å². The van der Waals surface area contributed by atoms with Gasteiger partial charge in [0.2, 0.25) is 0 Å². The summed E-state index contributed by atoms with van der Waals surface area (Å²) in [7, 11) is 0. The fraction of sp³-hybridized carbons (Fsp3) is 1.00. The summed E-state index contributed by atoms with van der Waals surface area (Å²) in [4.78, 5) is 2.42. The molecule has 3 heteroatoms. The van der Waals surface area contributed by atoms with Crippen LogP contribution in [0.2, 0.25) is 0 Å². The van der Waals surface area contributed by atoms with Crippen molar-refractivity contribution in [1.29, 1.82) is 0 Å². The van der Waals surface area contributed by atoms with Crippen molar-refractivity contribution in [2.75, 3.05) is 32.8 Å². The Labute approximate surface area is 126 Å². The monoisotopic (exact) mass is 284 g/mol. The summed E-state index contributed by atoms with van der Waals surface area (Å²) in [5, 5.41) is 12.9. The highest BCUT2D eigenvalue weighted by atomic mass is 16.3. The van der Waals surface area contributed by atoms with Gasteiger partial charge >= 0.3 is 0 Å². The van der Waals surface area contributed by atoms with Crippen LogP contribution in [-0.2, 0) is 0 Å². The number of likely N-dealkylation sites (N-methyl/N-ethyl adjacent to an activating group) is 1. The van der Waals surface area contributed by atoms with Gasteiger partial charge in [-0.05, 0) is 50.6 Å². The van der Waals surface area contributed by atoms with Gasteiger partial charge in [-0.2, -0.15) is 0 Å². The Morgan fingerprint density at radius 3 is 2.55 bits per heavy atom. The summed E-state index contributed by atoms with van der Waals surface area (Å²) in [5.74, 6) is 1.69. The lowest BCUT2D eigenvalue weighted by atomic mass is 9.76. The van der Waals surface area contributed by atoms with Crippen LogP contribution in [0.5, 0.6) is 0 Å². The van der Waals surface area contributed by atoms with Crippen molar-refractivity contribution in [3.63, 3.8) is 0 Å². The van der Waals surface area contributed by atoms with E-state index in [0.29, 0.717) is 6.04 Å². The van der Waals surface area contributed by atoms with Crippen LogP contribution in [0.25, 0.3) is 0 Å². The molecule has 1 rings (SSSR count). The average Bonchev–Trinajstić information content (AvgIpc) is 2.46. The Balaban J connectivity index is 2.55. The van der Waals surface area contributed by atoms with Crippen LogP contribution >= 0.6 is 0 Å². The second kappa shape index (κ2) is 10.6. The van der Waals surface area contributed by atoms with Gasteiger partial charge in [0.05, 0.1) is 6.61 Å². The summed E-state index contributed by atoms with van der Waals surface area (Å²) < 4.78 is 0. The number of rotatable bonds is 10. The topological polar surface area (TPSA) is 35.5 Å². The first-order chi connectivity index (χ1) is 9.74. The first-order valence-corrected chi connectivity index (χ1v) is 8.81. The van der Waals surface area contributed by atoms with Crippen LogP contribution < -0.4 is 5.32 Å². The maximum Gasteiger partial charge on any atom is 0.0558 e. The molecular formula is C17H36N2O. The predicted octanol–water partition coefficient (Wildman–Crippen LogP) is 2.89. The third kappa shape index (κ3) is 6.11. The number of hydrogen-bond donors (Lipinski definition) is 2. The predicted molar refractivity (Wildman–Crippen MR) is 87.0 cm³/mol. The van der Waals surface area contributed by atoms with Crippen LogP contribution in [-0.4, -0.2) is 48.8 Å². The molecule has 1 aliphatic rings. The molecule has 0 aromatic rings. The van der Waals surface area contributed by atoms with Crippen molar-refractivity contribution >= 4 is 0 Å². The van der Waals surface area contributed by atoms with E-state index in [4.69, 9.17) is 0 Å². The lowest BCUT2D eigenvalue weighted by Gasteiger charge is -2.39. The molecule has 0 saturated heterocycles. The van der Waals surface area contributed by atoms with E-state index >= 15 is 0 Å². The summed E-state index contributed by atoms with van der Waals surface area (Å²) in [6, 6.07) is 0.691. The van der Waals surface area contributed by atoms with E-state index in [1.54, 1.807) is 0 Å². The first-order valence-electron chi connectivity index (χ1n) is 8.81. The van der Waals surface area contributed by atoms with Crippen LogP contribution in [0.1, 0.15) is 59.3 Å². The molecule has 3 atom stereocenters. The largest absolute Gasteiger partial charge is 0.395 e. The second-order valence-corrected chi connectivity index (χ2v) is 6.41. The first kappa shape index (κ1) is 17.9. The van der Waals surface area contributed by atoms with Crippen LogP contribution in [0, 0.1) is 11.8 Å². The highest BCUT2D eigenvalue weighted by molar-refractivity contribution is 4.86. The Morgan fingerprint density at radius 2 is 1.95 bits per heavy atom. The van der Waals surface area contributed by atoms with Crippen molar-refractivity contribution < 1.29 is 5.11 Å². The normalized spacial score (nSPS) is 27.1. The van der Waals surface area contributed by atoms with Crippen molar-refractivity contribution in [3.8, 4) is 0 Å². The molecule has 1 fully saturated rings. The van der Waals surface area contributed by atoms with Gasteiger partial charge < -0.3 is 15.3 Å². The molecule has 0 bridgehead atoms.